The predicted molar refractivity (Wildman–Crippen MR) is 91.1 cm³/mol. The van der Waals surface area contributed by atoms with Crippen molar-refractivity contribution in [2.75, 3.05) is 38.9 Å². The van der Waals surface area contributed by atoms with Crippen LogP contribution < -0.4 is 30.6 Å². The van der Waals surface area contributed by atoms with E-state index in [2.05, 4.69) is 20.8 Å². The molecule has 0 fully saturated rings. The number of nitrogens with one attached hydrogen (secondary N) is 2. The van der Waals surface area contributed by atoms with Gasteiger partial charge in [-0.1, -0.05) is 11.3 Å². The largest absolute Gasteiger partial charge is 0.493 e. The Morgan fingerprint density at radius 1 is 1.17 bits per heavy atom. The van der Waals surface area contributed by atoms with Crippen LogP contribution in [0.2, 0.25) is 0 Å². The highest BCUT2D eigenvalue weighted by molar-refractivity contribution is 7.15. The Labute approximate surface area is 143 Å². The van der Waals surface area contributed by atoms with Crippen molar-refractivity contribution in [2.45, 2.75) is 6.42 Å². The number of nitrogen functional groups attached to an aromatic ring is 1. The third-order valence-electron chi connectivity index (χ3n) is 3.03. The van der Waals surface area contributed by atoms with Crippen molar-refractivity contribution in [3.63, 3.8) is 0 Å². The lowest BCUT2D eigenvalue weighted by Gasteiger charge is -2.14. The zero-order valence-corrected chi connectivity index (χ0v) is 14.4. The number of hydrogen-bond acceptors (Lipinski definition) is 8. The van der Waals surface area contributed by atoms with E-state index in [1.807, 2.05) is 0 Å². The Morgan fingerprint density at radius 2 is 1.83 bits per heavy atom. The summed E-state index contributed by atoms with van der Waals surface area (Å²) in [5.74, 6) is 1.37. The molecule has 2 amide bonds. The van der Waals surface area contributed by atoms with Crippen LogP contribution in [0.15, 0.2) is 12.1 Å². The fraction of sp³-hybridized carbons (Fsp3) is 0.357. The number of aromatic nitrogens is 2. The monoisotopic (exact) mass is 353 g/mol. The van der Waals surface area contributed by atoms with Gasteiger partial charge in [0.05, 0.1) is 27.0 Å². The molecule has 0 atom stereocenters. The highest BCUT2D eigenvalue weighted by Gasteiger charge is 2.14. The van der Waals surface area contributed by atoms with E-state index in [0.29, 0.717) is 41.0 Å². The van der Waals surface area contributed by atoms with Crippen LogP contribution in [-0.4, -0.2) is 44.1 Å². The van der Waals surface area contributed by atoms with Gasteiger partial charge in [-0.15, -0.1) is 10.2 Å². The van der Waals surface area contributed by atoms with E-state index in [-0.39, 0.29) is 6.03 Å². The van der Waals surface area contributed by atoms with Crippen molar-refractivity contribution in [3.8, 4) is 17.2 Å². The van der Waals surface area contributed by atoms with E-state index in [1.54, 1.807) is 12.1 Å². The first-order chi connectivity index (χ1) is 11.6. The number of rotatable bonds is 7. The molecule has 2 rings (SSSR count). The second-order valence-corrected chi connectivity index (χ2v) is 5.67. The highest BCUT2D eigenvalue weighted by Crippen LogP contribution is 2.39. The molecular formula is C14H19N5O4S. The van der Waals surface area contributed by atoms with Crippen molar-refractivity contribution in [2.24, 2.45) is 0 Å². The molecule has 10 heteroatoms. The summed E-state index contributed by atoms with van der Waals surface area (Å²) in [7, 11) is 4.53. The van der Waals surface area contributed by atoms with Gasteiger partial charge in [-0.2, -0.15) is 0 Å². The molecule has 2 aromatic rings. The van der Waals surface area contributed by atoms with Gasteiger partial charge in [0.15, 0.2) is 11.5 Å². The van der Waals surface area contributed by atoms with E-state index >= 15 is 0 Å². The Hall–Kier alpha value is -2.75. The fourth-order valence-electron chi connectivity index (χ4n) is 1.98. The highest BCUT2D eigenvalue weighted by atomic mass is 32.1. The number of urea groups is 1. The van der Waals surface area contributed by atoms with Crippen molar-refractivity contribution < 1.29 is 19.0 Å². The molecule has 0 saturated carbocycles. The zero-order valence-electron chi connectivity index (χ0n) is 13.6. The number of benzene rings is 1. The number of nitrogens with two attached hydrogens (primary N) is 1. The number of anilines is 2. The van der Waals surface area contributed by atoms with Gasteiger partial charge in [-0.05, 0) is 0 Å². The molecule has 0 bridgehead atoms. The van der Waals surface area contributed by atoms with Crippen LogP contribution in [0.4, 0.5) is 15.6 Å². The lowest BCUT2D eigenvalue weighted by molar-refractivity contribution is 0.252. The van der Waals surface area contributed by atoms with E-state index in [1.165, 1.54) is 32.7 Å². The molecule has 0 aliphatic heterocycles. The summed E-state index contributed by atoms with van der Waals surface area (Å²) in [5.41, 5.74) is 6.02. The van der Waals surface area contributed by atoms with Crippen LogP contribution >= 0.6 is 11.3 Å². The third-order valence-corrected chi connectivity index (χ3v) is 3.84. The van der Waals surface area contributed by atoms with E-state index in [9.17, 15) is 4.79 Å². The number of carbonyl (C=O) groups excluding carboxylic acids is 1. The summed E-state index contributed by atoms with van der Waals surface area (Å²) in [6, 6.07) is 2.93. The molecule has 0 aliphatic carbocycles. The maximum atomic E-state index is 12.0. The summed E-state index contributed by atoms with van der Waals surface area (Å²) in [6.45, 7) is 0.408. The molecule has 0 aliphatic rings. The third kappa shape index (κ3) is 4.38. The molecule has 4 N–H and O–H groups in total. The van der Waals surface area contributed by atoms with Gasteiger partial charge in [0.25, 0.3) is 0 Å². The molecule has 1 aromatic carbocycles. The van der Waals surface area contributed by atoms with Gasteiger partial charge in [0.2, 0.25) is 10.9 Å². The van der Waals surface area contributed by atoms with Gasteiger partial charge >= 0.3 is 6.03 Å². The molecule has 0 spiro atoms. The van der Waals surface area contributed by atoms with Crippen LogP contribution in [0.25, 0.3) is 0 Å². The summed E-state index contributed by atoms with van der Waals surface area (Å²) in [5, 5.41) is 14.2. The summed E-state index contributed by atoms with van der Waals surface area (Å²) in [6.07, 6.45) is 0.553. The van der Waals surface area contributed by atoms with Crippen molar-refractivity contribution in [3.05, 3.63) is 17.1 Å². The van der Waals surface area contributed by atoms with E-state index < -0.39 is 0 Å². The minimum Gasteiger partial charge on any atom is -0.493 e. The normalized spacial score (nSPS) is 10.1. The molecule has 24 heavy (non-hydrogen) atoms. The van der Waals surface area contributed by atoms with E-state index in [4.69, 9.17) is 19.9 Å². The summed E-state index contributed by atoms with van der Waals surface area (Å²) >= 11 is 1.29. The molecule has 1 heterocycles. The van der Waals surface area contributed by atoms with E-state index in [0.717, 1.165) is 5.01 Å². The number of amides is 2. The van der Waals surface area contributed by atoms with Crippen LogP contribution in [0.5, 0.6) is 17.2 Å². The zero-order chi connectivity index (χ0) is 17.5. The number of carbonyl (C=O) groups is 1. The predicted octanol–water partition coefficient (Wildman–Crippen LogP) is 1.51. The van der Waals surface area contributed by atoms with Gasteiger partial charge in [0.1, 0.15) is 5.01 Å². The standard InChI is InChI=1S/C14H19N5O4S/c1-21-9-6-8(7-10(22-2)12(9)23-3)17-14(20)16-5-4-11-18-19-13(15)24-11/h6-7H,4-5H2,1-3H3,(H2,15,19)(H2,16,17,20). The maximum absolute atomic E-state index is 12.0. The van der Waals surface area contributed by atoms with Crippen molar-refractivity contribution in [1.29, 1.82) is 0 Å². The second-order valence-electron chi connectivity index (χ2n) is 4.58. The Kier molecular flexibility index (Phi) is 6.01. The minimum atomic E-state index is -0.359. The molecule has 0 radical (unpaired) electrons. The Balaban J connectivity index is 1.95. The maximum Gasteiger partial charge on any atom is 0.319 e. The first kappa shape index (κ1) is 17.6. The number of hydrogen-bond donors (Lipinski definition) is 3. The lowest BCUT2D eigenvalue weighted by Crippen LogP contribution is -2.30. The topological polar surface area (TPSA) is 121 Å². The summed E-state index contributed by atoms with van der Waals surface area (Å²) in [4.78, 5) is 12.0. The lowest BCUT2D eigenvalue weighted by atomic mass is 10.2. The molecule has 0 unspecified atom stereocenters. The number of ether oxygens (including phenoxy) is 3. The molecular weight excluding hydrogens is 334 g/mol. The van der Waals surface area contributed by atoms with Crippen LogP contribution in [0.3, 0.4) is 0 Å². The van der Waals surface area contributed by atoms with Crippen molar-refractivity contribution >= 4 is 28.2 Å². The summed E-state index contributed by atoms with van der Waals surface area (Å²) < 4.78 is 15.7. The van der Waals surface area contributed by atoms with Gasteiger partial charge in [-0.3, -0.25) is 0 Å². The smallest absolute Gasteiger partial charge is 0.319 e. The first-order valence-electron chi connectivity index (χ1n) is 7.00. The van der Waals surface area contributed by atoms with Crippen LogP contribution in [-0.2, 0) is 6.42 Å². The van der Waals surface area contributed by atoms with Crippen molar-refractivity contribution in [1.82, 2.24) is 15.5 Å². The van der Waals surface area contributed by atoms with Crippen LogP contribution in [0.1, 0.15) is 5.01 Å². The average molecular weight is 353 g/mol. The molecule has 130 valence electrons. The molecule has 0 saturated heterocycles. The van der Waals surface area contributed by atoms with Gasteiger partial charge < -0.3 is 30.6 Å². The SMILES string of the molecule is COc1cc(NC(=O)NCCc2nnc(N)s2)cc(OC)c1OC. The quantitative estimate of drug-likeness (QED) is 0.690. The number of nitrogens with zero attached hydrogens (tertiary/aromatic N) is 2. The Morgan fingerprint density at radius 3 is 2.33 bits per heavy atom. The van der Waals surface area contributed by atoms with Crippen LogP contribution in [0, 0.1) is 0 Å². The van der Waals surface area contributed by atoms with Gasteiger partial charge in [0, 0.05) is 25.1 Å². The number of methoxy groups -OCH3 is 3. The molecule has 1 aromatic heterocycles. The minimum absolute atomic E-state index is 0.359. The first-order valence-corrected chi connectivity index (χ1v) is 7.81. The second kappa shape index (κ2) is 8.20. The molecule has 9 nitrogen and oxygen atoms in total. The Bertz CT molecular complexity index is 681. The average Bonchev–Trinajstić information content (AvgIpc) is 2.99. The fourth-order valence-corrected chi connectivity index (χ4v) is 2.59. The van der Waals surface area contributed by atoms with Gasteiger partial charge in [-0.25, -0.2) is 4.79 Å².